The molecule has 0 radical (unpaired) electrons. The third kappa shape index (κ3) is 4.73. The highest BCUT2D eigenvalue weighted by Gasteiger charge is 2.06. The van der Waals surface area contributed by atoms with Crippen LogP contribution in [0.2, 0.25) is 0 Å². The molecule has 0 spiro atoms. The van der Waals surface area contributed by atoms with Crippen LogP contribution in [0.15, 0.2) is 50.0 Å². The van der Waals surface area contributed by atoms with Crippen molar-refractivity contribution in [3.8, 4) is 0 Å². The minimum absolute atomic E-state index is 0.0109. The lowest BCUT2D eigenvalue weighted by Gasteiger charge is -1.98. The van der Waals surface area contributed by atoms with Gasteiger partial charge in [0, 0.05) is 0 Å². The fraction of sp³-hybridized carbons (Fsp3) is 0.0833. The Morgan fingerprint density at radius 2 is 2.10 bits per heavy atom. The average Bonchev–Trinajstić information content (AvgIpc) is 2.47. The Hall–Kier alpha value is -2.68. The van der Waals surface area contributed by atoms with Crippen molar-refractivity contribution in [1.29, 1.82) is 0 Å². The number of aromatic nitrogens is 3. The Labute approximate surface area is 122 Å². The maximum absolute atomic E-state index is 11.5. The largest absolute Gasteiger partial charge is 0.342 e. The summed E-state index contributed by atoms with van der Waals surface area (Å²) in [5.74, 6) is -0.437. The molecule has 0 aliphatic rings. The van der Waals surface area contributed by atoms with Crippen LogP contribution in [0.3, 0.4) is 0 Å². The van der Waals surface area contributed by atoms with Gasteiger partial charge in [-0.2, -0.15) is 10.2 Å². The van der Waals surface area contributed by atoms with Crippen molar-refractivity contribution in [3.05, 3.63) is 56.7 Å². The minimum Gasteiger partial charge on any atom is -0.272 e. The molecule has 108 valence electrons. The lowest BCUT2D eigenvalue weighted by molar-refractivity contribution is -0.118. The third-order valence-electron chi connectivity index (χ3n) is 2.22. The first-order valence-electron chi connectivity index (χ1n) is 5.84. The molecule has 21 heavy (non-hydrogen) atoms. The SMILES string of the molecule is O=C(CSc1n[nH]c(=O)[nH]c1=O)NN=Cc1ccccc1. The second-order valence-corrected chi connectivity index (χ2v) is 4.77. The van der Waals surface area contributed by atoms with Gasteiger partial charge in [-0.25, -0.2) is 15.3 Å². The number of H-pyrrole nitrogens is 2. The number of nitrogens with zero attached hydrogens (tertiary/aromatic N) is 2. The van der Waals surface area contributed by atoms with Crippen molar-refractivity contribution in [2.75, 3.05) is 5.75 Å². The van der Waals surface area contributed by atoms with Crippen LogP contribution in [0.1, 0.15) is 5.56 Å². The summed E-state index contributed by atoms with van der Waals surface area (Å²) < 4.78 is 0. The molecule has 1 aromatic carbocycles. The van der Waals surface area contributed by atoms with Gasteiger partial charge in [0.15, 0.2) is 5.03 Å². The normalized spacial score (nSPS) is 10.7. The van der Waals surface area contributed by atoms with E-state index in [1.807, 2.05) is 35.3 Å². The molecular formula is C12H11N5O3S. The van der Waals surface area contributed by atoms with E-state index >= 15 is 0 Å². The van der Waals surface area contributed by atoms with Crippen LogP contribution in [0.5, 0.6) is 0 Å². The van der Waals surface area contributed by atoms with E-state index in [0.717, 1.165) is 17.3 Å². The molecule has 3 N–H and O–H groups in total. The maximum atomic E-state index is 11.5. The first-order valence-corrected chi connectivity index (χ1v) is 6.82. The van der Waals surface area contributed by atoms with E-state index in [4.69, 9.17) is 0 Å². The van der Waals surface area contributed by atoms with Gasteiger partial charge < -0.3 is 0 Å². The number of thioether (sulfide) groups is 1. The average molecular weight is 305 g/mol. The quantitative estimate of drug-likeness (QED) is 0.398. The lowest BCUT2D eigenvalue weighted by Crippen LogP contribution is -2.26. The van der Waals surface area contributed by atoms with Gasteiger partial charge in [0.25, 0.3) is 5.56 Å². The summed E-state index contributed by atoms with van der Waals surface area (Å²) in [6.07, 6.45) is 1.51. The lowest BCUT2D eigenvalue weighted by atomic mass is 10.2. The van der Waals surface area contributed by atoms with E-state index in [1.54, 1.807) is 0 Å². The van der Waals surface area contributed by atoms with E-state index in [0.29, 0.717) is 0 Å². The molecule has 0 bridgehead atoms. The smallest absolute Gasteiger partial charge is 0.272 e. The minimum atomic E-state index is -0.693. The predicted molar refractivity (Wildman–Crippen MR) is 78.4 cm³/mol. The highest BCUT2D eigenvalue weighted by molar-refractivity contribution is 7.99. The summed E-state index contributed by atoms with van der Waals surface area (Å²) in [6, 6.07) is 9.27. The molecule has 0 atom stereocenters. The van der Waals surface area contributed by atoms with Crippen molar-refractivity contribution in [2.24, 2.45) is 5.10 Å². The van der Waals surface area contributed by atoms with Gasteiger partial charge in [-0.3, -0.25) is 14.6 Å². The van der Waals surface area contributed by atoms with E-state index in [-0.39, 0.29) is 16.7 Å². The molecule has 1 heterocycles. The van der Waals surface area contributed by atoms with Gasteiger partial charge in [0.05, 0.1) is 12.0 Å². The topological polar surface area (TPSA) is 120 Å². The number of hydrogen-bond acceptors (Lipinski definition) is 6. The number of hydrazone groups is 1. The van der Waals surface area contributed by atoms with E-state index in [1.165, 1.54) is 6.21 Å². The molecule has 1 amide bonds. The number of rotatable bonds is 5. The Bertz CT molecular complexity index is 753. The van der Waals surface area contributed by atoms with Crippen LogP contribution in [0, 0.1) is 0 Å². The summed E-state index contributed by atoms with van der Waals surface area (Å²) in [6.45, 7) is 0. The zero-order chi connectivity index (χ0) is 15.1. The van der Waals surface area contributed by atoms with E-state index < -0.39 is 11.2 Å². The monoisotopic (exact) mass is 305 g/mol. The fourth-order valence-electron chi connectivity index (χ4n) is 1.32. The number of hydrogen-bond donors (Lipinski definition) is 3. The number of carbonyl (C=O) groups excluding carboxylic acids is 1. The van der Waals surface area contributed by atoms with Gasteiger partial charge in [0.1, 0.15) is 0 Å². The summed E-state index contributed by atoms with van der Waals surface area (Å²) in [7, 11) is 0. The van der Waals surface area contributed by atoms with Crippen molar-refractivity contribution in [2.45, 2.75) is 5.03 Å². The second kappa shape index (κ2) is 7.20. The number of amides is 1. The molecule has 0 saturated heterocycles. The molecule has 0 saturated carbocycles. The molecule has 2 rings (SSSR count). The predicted octanol–water partition coefficient (Wildman–Crippen LogP) is -0.299. The van der Waals surface area contributed by atoms with Gasteiger partial charge in [-0.1, -0.05) is 42.1 Å². The third-order valence-corrected chi connectivity index (χ3v) is 3.18. The molecule has 0 unspecified atom stereocenters. The Morgan fingerprint density at radius 3 is 2.81 bits per heavy atom. The number of benzene rings is 1. The standard InChI is InChI=1S/C12H11N5O3S/c18-9(15-13-6-8-4-2-1-3-5-8)7-21-11-10(19)14-12(20)17-16-11/h1-6H,7H2,(H,15,18)(H2,14,17,19,20). The van der Waals surface area contributed by atoms with Crippen molar-refractivity contribution in [1.82, 2.24) is 20.6 Å². The van der Waals surface area contributed by atoms with Crippen LogP contribution in [0.25, 0.3) is 0 Å². The first-order chi connectivity index (χ1) is 10.1. The Morgan fingerprint density at radius 1 is 1.33 bits per heavy atom. The van der Waals surface area contributed by atoms with Crippen LogP contribution in [0.4, 0.5) is 0 Å². The molecular weight excluding hydrogens is 294 g/mol. The fourth-order valence-corrected chi connectivity index (χ4v) is 1.94. The van der Waals surface area contributed by atoms with Gasteiger partial charge in [-0.15, -0.1) is 0 Å². The van der Waals surface area contributed by atoms with E-state index in [9.17, 15) is 14.4 Å². The van der Waals surface area contributed by atoms with Crippen LogP contribution in [-0.2, 0) is 4.79 Å². The zero-order valence-electron chi connectivity index (χ0n) is 10.7. The molecule has 2 aromatic rings. The first kappa shape index (κ1) is 14.7. The van der Waals surface area contributed by atoms with Crippen molar-refractivity contribution >= 4 is 23.9 Å². The molecule has 0 aliphatic heterocycles. The van der Waals surface area contributed by atoms with Crippen LogP contribution in [-0.4, -0.2) is 33.1 Å². The number of nitrogens with one attached hydrogen (secondary N) is 3. The second-order valence-electron chi connectivity index (χ2n) is 3.80. The van der Waals surface area contributed by atoms with Gasteiger partial charge in [-0.05, 0) is 5.56 Å². The van der Waals surface area contributed by atoms with Crippen LogP contribution >= 0.6 is 11.8 Å². The van der Waals surface area contributed by atoms with Gasteiger partial charge >= 0.3 is 5.69 Å². The summed E-state index contributed by atoms with van der Waals surface area (Å²) >= 11 is 0.899. The zero-order valence-corrected chi connectivity index (χ0v) is 11.5. The van der Waals surface area contributed by atoms with Crippen LogP contribution < -0.4 is 16.7 Å². The van der Waals surface area contributed by atoms with Crippen molar-refractivity contribution < 1.29 is 4.79 Å². The molecule has 1 aromatic heterocycles. The maximum Gasteiger partial charge on any atom is 0.342 e. The summed E-state index contributed by atoms with van der Waals surface area (Å²) in [4.78, 5) is 35.6. The molecule has 9 heteroatoms. The highest BCUT2D eigenvalue weighted by atomic mass is 32.2. The molecule has 8 nitrogen and oxygen atoms in total. The highest BCUT2D eigenvalue weighted by Crippen LogP contribution is 2.06. The van der Waals surface area contributed by atoms with E-state index in [2.05, 4.69) is 20.7 Å². The molecule has 0 fully saturated rings. The Balaban J connectivity index is 1.84. The Kier molecular flexibility index (Phi) is 5.04. The number of aromatic amines is 2. The van der Waals surface area contributed by atoms with Gasteiger partial charge in [0.2, 0.25) is 5.91 Å². The number of carbonyl (C=O) groups is 1. The van der Waals surface area contributed by atoms with Crippen molar-refractivity contribution in [3.63, 3.8) is 0 Å². The molecule has 0 aliphatic carbocycles. The summed E-state index contributed by atoms with van der Waals surface area (Å²) in [5, 5.41) is 9.43. The summed E-state index contributed by atoms with van der Waals surface area (Å²) in [5.41, 5.74) is 1.85.